The van der Waals surface area contributed by atoms with Crippen molar-refractivity contribution in [3.63, 3.8) is 0 Å². The number of allylic oxidation sites excluding steroid dienone is 1. The van der Waals surface area contributed by atoms with Crippen molar-refractivity contribution in [1.82, 2.24) is 9.78 Å². The van der Waals surface area contributed by atoms with Crippen LogP contribution >= 0.6 is 0 Å². The van der Waals surface area contributed by atoms with Crippen LogP contribution in [0.4, 0.5) is 0 Å². The molecule has 26 heavy (non-hydrogen) atoms. The minimum Gasteiger partial charge on any atom is -0.232 e. The minimum atomic E-state index is 0.726. The number of benzene rings is 3. The summed E-state index contributed by atoms with van der Waals surface area (Å²) in [5, 5.41) is 4.97. The van der Waals surface area contributed by atoms with Gasteiger partial charge < -0.3 is 0 Å². The molecule has 0 atom stereocenters. The van der Waals surface area contributed by atoms with E-state index in [1.54, 1.807) is 0 Å². The minimum absolute atomic E-state index is 0.726. The second kappa shape index (κ2) is 7.24. The summed E-state index contributed by atoms with van der Waals surface area (Å²) >= 11 is 0. The summed E-state index contributed by atoms with van der Waals surface area (Å²) in [6, 6.07) is 31.2. The molecule has 1 aromatic heterocycles. The third-order valence-corrected chi connectivity index (χ3v) is 4.41. The molecular formula is C24H20N2. The van der Waals surface area contributed by atoms with E-state index in [0.29, 0.717) is 0 Å². The lowest BCUT2D eigenvalue weighted by molar-refractivity contribution is 0.858. The van der Waals surface area contributed by atoms with E-state index in [0.717, 1.165) is 29.1 Å². The zero-order valence-electron chi connectivity index (χ0n) is 14.5. The van der Waals surface area contributed by atoms with Crippen molar-refractivity contribution in [2.75, 3.05) is 0 Å². The Morgan fingerprint density at radius 3 is 1.85 bits per heavy atom. The third-order valence-electron chi connectivity index (χ3n) is 4.41. The van der Waals surface area contributed by atoms with Gasteiger partial charge in [0.05, 0.1) is 17.1 Å². The van der Waals surface area contributed by atoms with Crippen LogP contribution < -0.4 is 0 Å². The van der Waals surface area contributed by atoms with Crippen molar-refractivity contribution in [1.29, 1.82) is 0 Å². The Balaban J connectivity index is 2.05. The highest BCUT2D eigenvalue weighted by atomic mass is 15.3. The van der Waals surface area contributed by atoms with Crippen LogP contribution in [0.2, 0.25) is 0 Å². The van der Waals surface area contributed by atoms with Gasteiger partial charge in [-0.25, -0.2) is 4.68 Å². The second-order valence-corrected chi connectivity index (χ2v) is 6.14. The van der Waals surface area contributed by atoms with Gasteiger partial charge in [-0.1, -0.05) is 84.9 Å². The summed E-state index contributed by atoms with van der Waals surface area (Å²) < 4.78 is 2.05. The van der Waals surface area contributed by atoms with Crippen LogP contribution in [-0.4, -0.2) is 9.78 Å². The van der Waals surface area contributed by atoms with Crippen molar-refractivity contribution >= 4 is 0 Å². The van der Waals surface area contributed by atoms with Crippen LogP contribution in [0.15, 0.2) is 104 Å². The molecule has 0 N–H and O–H groups in total. The molecule has 0 bridgehead atoms. The van der Waals surface area contributed by atoms with Crippen LogP contribution in [0.25, 0.3) is 28.1 Å². The summed E-state index contributed by atoms with van der Waals surface area (Å²) in [7, 11) is 0. The molecule has 2 heteroatoms. The van der Waals surface area contributed by atoms with Crippen molar-refractivity contribution in [3.8, 4) is 28.1 Å². The molecule has 126 valence electrons. The first-order valence-corrected chi connectivity index (χ1v) is 8.77. The van der Waals surface area contributed by atoms with Gasteiger partial charge in [-0.15, -0.1) is 6.58 Å². The van der Waals surface area contributed by atoms with E-state index in [1.807, 2.05) is 36.4 Å². The number of nitrogens with zero attached hydrogens (tertiary/aromatic N) is 2. The summed E-state index contributed by atoms with van der Waals surface area (Å²) in [6.07, 6.45) is 2.64. The summed E-state index contributed by atoms with van der Waals surface area (Å²) in [6.45, 7) is 3.93. The smallest absolute Gasteiger partial charge is 0.0822 e. The van der Waals surface area contributed by atoms with Gasteiger partial charge in [-0.2, -0.15) is 5.10 Å². The van der Waals surface area contributed by atoms with Crippen LogP contribution in [0.3, 0.4) is 0 Å². The lowest BCUT2D eigenvalue weighted by Crippen LogP contribution is -1.99. The maximum Gasteiger partial charge on any atom is 0.0822 e. The summed E-state index contributed by atoms with van der Waals surface area (Å²) in [4.78, 5) is 0. The van der Waals surface area contributed by atoms with Gasteiger partial charge in [-0.05, 0) is 17.7 Å². The predicted molar refractivity (Wildman–Crippen MR) is 108 cm³/mol. The third kappa shape index (κ3) is 2.98. The number of hydrogen-bond acceptors (Lipinski definition) is 1. The molecular weight excluding hydrogens is 316 g/mol. The van der Waals surface area contributed by atoms with E-state index in [2.05, 4.69) is 71.9 Å². The molecule has 0 aliphatic rings. The van der Waals surface area contributed by atoms with Crippen molar-refractivity contribution in [3.05, 3.63) is 109 Å². The highest BCUT2D eigenvalue weighted by Crippen LogP contribution is 2.37. The Bertz CT molecular complexity index is 1000. The van der Waals surface area contributed by atoms with Gasteiger partial charge in [0.15, 0.2) is 0 Å². The van der Waals surface area contributed by atoms with Crippen LogP contribution in [0.5, 0.6) is 0 Å². The van der Waals surface area contributed by atoms with Crippen LogP contribution in [-0.2, 0) is 6.42 Å². The Labute approximate surface area is 154 Å². The Morgan fingerprint density at radius 2 is 1.27 bits per heavy atom. The standard InChI is InChI=1S/C24H20N2/c1-2-12-22-23(19-13-6-3-7-14-19)24(20-15-8-4-9-16-20)26(25-22)21-17-10-5-11-18-21/h2-11,13-18H,1,12H2. The monoisotopic (exact) mass is 336 g/mol. The van der Waals surface area contributed by atoms with Gasteiger partial charge in [0.25, 0.3) is 0 Å². The molecule has 0 aliphatic heterocycles. The van der Waals surface area contributed by atoms with Crippen molar-refractivity contribution in [2.24, 2.45) is 0 Å². The maximum absolute atomic E-state index is 4.97. The van der Waals surface area contributed by atoms with Gasteiger partial charge in [0.1, 0.15) is 0 Å². The Kier molecular flexibility index (Phi) is 4.48. The highest BCUT2D eigenvalue weighted by molar-refractivity contribution is 5.84. The zero-order chi connectivity index (χ0) is 17.8. The van der Waals surface area contributed by atoms with Crippen molar-refractivity contribution < 1.29 is 0 Å². The second-order valence-electron chi connectivity index (χ2n) is 6.14. The fourth-order valence-electron chi connectivity index (χ4n) is 3.27. The van der Waals surface area contributed by atoms with Gasteiger partial charge in [-0.3, -0.25) is 0 Å². The predicted octanol–water partition coefficient (Wildman–Crippen LogP) is 5.93. The van der Waals surface area contributed by atoms with Gasteiger partial charge >= 0.3 is 0 Å². The number of hydrogen-bond donors (Lipinski definition) is 0. The first-order valence-electron chi connectivity index (χ1n) is 8.77. The molecule has 3 aromatic carbocycles. The normalized spacial score (nSPS) is 10.6. The molecule has 0 amide bonds. The lowest BCUT2D eigenvalue weighted by Gasteiger charge is -2.10. The molecule has 2 nitrogen and oxygen atoms in total. The van der Waals surface area contributed by atoms with E-state index in [4.69, 9.17) is 5.10 Å². The zero-order valence-corrected chi connectivity index (χ0v) is 14.5. The maximum atomic E-state index is 4.97. The molecule has 0 radical (unpaired) electrons. The molecule has 0 fully saturated rings. The number of rotatable bonds is 5. The van der Waals surface area contributed by atoms with Crippen molar-refractivity contribution in [2.45, 2.75) is 6.42 Å². The van der Waals surface area contributed by atoms with E-state index in [-0.39, 0.29) is 0 Å². The fraction of sp³-hybridized carbons (Fsp3) is 0.0417. The molecule has 0 spiro atoms. The highest BCUT2D eigenvalue weighted by Gasteiger charge is 2.20. The first kappa shape index (κ1) is 16.1. The lowest BCUT2D eigenvalue weighted by atomic mass is 9.97. The Morgan fingerprint density at radius 1 is 0.731 bits per heavy atom. The summed E-state index contributed by atoms with van der Waals surface area (Å²) in [5.41, 5.74) is 6.69. The fourth-order valence-corrected chi connectivity index (χ4v) is 3.27. The molecule has 0 aliphatic carbocycles. The number of aromatic nitrogens is 2. The Hall–Kier alpha value is -3.39. The molecule has 4 aromatic rings. The molecule has 0 unspecified atom stereocenters. The first-order chi connectivity index (χ1) is 12.9. The molecule has 1 heterocycles. The van der Waals surface area contributed by atoms with E-state index >= 15 is 0 Å². The average Bonchev–Trinajstić information content (AvgIpc) is 3.09. The number of para-hydroxylation sites is 1. The van der Waals surface area contributed by atoms with Gasteiger partial charge in [0.2, 0.25) is 0 Å². The molecule has 4 rings (SSSR count). The quantitative estimate of drug-likeness (QED) is 0.413. The average molecular weight is 336 g/mol. The van der Waals surface area contributed by atoms with E-state index in [1.165, 1.54) is 11.1 Å². The van der Waals surface area contributed by atoms with Gasteiger partial charge in [0, 0.05) is 17.5 Å². The molecule has 0 saturated carbocycles. The van der Waals surface area contributed by atoms with Crippen LogP contribution in [0.1, 0.15) is 5.69 Å². The topological polar surface area (TPSA) is 17.8 Å². The van der Waals surface area contributed by atoms with Crippen LogP contribution in [0, 0.1) is 0 Å². The largest absolute Gasteiger partial charge is 0.232 e. The van der Waals surface area contributed by atoms with E-state index in [9.17, 15) is 0 Å². The van der Waals surface area contributed by atoms with E-state index < -0.39 is 0 Å². The SMILES string of the molecule is C=CCc1nn(-c2ccccc2)c(-c2ccccc2)c1-c1ccccc1. The molecule has 0 saturated heterocycles. The summed E-state index contributed by atoms with van der Waals surface area (Å²) in [5.74, 6) is 0.